The Kier molecular flexibility index (Phi) is 6.57. The standard InChI is InChI=1S/C17H25N5.ClH/c1-14(21(2)11-15-7-9-18-10-8-15)16-3-5-17(6-4-16)22-13-19-12-20-22;/h3-6,12-15,18H,7-11H2,1-2H3;1H. The highest BCUT2D eigenvalue weighted by Crippen LogP contribution is 2.23. The van der Waals surface area contributed by atoms with Crippen LogP contribution in [0.1, 0.15) is 31.4 Å². The van der Waals surface area contributed by atoms with Gasteiger partial charge in [-0.25, -0.2) is 9.67 Å². The van der Waals surface area contributed by atoms with Crippen molar-refractivity contribution in [1.82, 2.24) is 25.0 Å². The Hall–Kier alpha value is -1.43. The molecule has 0 saturated carbocycles. The van der Waals surface area contributed by atoms with E-state index in [0.717, 1.165) is 11.6 Å². The Balaban J connectivity index is 0.00000192. The van der Waals surface area contributed by atoms with Crippen LogP contribution in [0.5, 0.6) is 0 Å². The zero-order chi connectivity index (χ0) is 15.4. The maximum atomic E-state index is 4.16. The lowest BCUT2D eigenvalue weighted by Gasteiger charge is -2.31. The van der Waals surface area contributed by atoms with Gasteiger partial charge in [0.1, 0.15) is 12.7 Å². The number of nitrogens with zero attached hydrogens (tertiary/aromatic N) is 4. The van der Waals surface area contributed by atoms with E-state index in [1.54, 1.807) is 17.3 Å². The molecule has 1 aliphatic heterocycles. The van der Waals surface area contributed by atoms with Gasteiger partial charge >= 0.3 is 0 Å². The van der Waals surface area contributed by atoms with Crippen molar-refractivity contribution in [2.45, 2.75) is 25.8 Å². The molecular formula is C17H26ClN5. The number of piperidine rings is 1. The Morgan fingerprint density at radius 1 is 1.26 bits per heavy atom. The van der Waals surface area contributed by atoms with Crippen LogP contribution in [0.15, 0.2) is 36.9 Å². The summed E-state index contributed by atoms with van der Waals surface area (Å²) in [6, 6.07) is 9.04. The summed E-state index contributed by atoms with van der Waals surface area (Å²) < 4.78 is 1.78. The number of halogens is 1. The van der Waals surface area contributed by atoms with E-state index in [1.807, 2.05) is 0 Å². The zero-order valence-corrected chi connectivity index (χ0v) is 14.7. The van der Waals surface area contributed by atoms with Gasteiger partial charge < -0.3 is 5.32 Å². The van der Waals surface area contributed by atoms with E-state index >= 15 is 0 Å². The van der Waals surface area contributed by atoms with Gasteiger partial charge in [0.15, 0.2) is 0 Å². The first-order valence-electron chi connectivity index (χ1n) is 8.10. The summed E-state index contributed by atoms with van der Waals surface area (Å²) in [5.74, 6) is 0.822. The molecule has 1 N–H and O–H groups in total. The van der Waals surface area contributed by atoms with Crippen LogP contribution < -0.4 is 5.32 Å². The van der Waals surface area contributed by atoms with Gasteiger partial charge in [-0.05, 0) is 63.5 Å². The summed E-state index contributed by atoms with van der Waals surface area (Å²) in [6.07, 6.45) is 5.87. The van der Waals surface area contributed by atoms with Gasteiger partial charge in [-0.15, -0.1) is 12.4 Å². The largest absolute Gasteiger partial charge is 0.317 e. The third-order valence-electron chi connectivity index (χ3n) is 4.72. The normalized spacial score (nSPS) is 17.0. The fourth-order valence-electron chi connectivity index (χ4n) is 3.13. The van der Waals surface area contributed by atoms with Crippen molar-refractivity contribution >= 4 is 12.4 Å². The Bertz CT molecular complexity index is 563. The number of nitrogens with one attached hydrogen (secondary N) is 1. The molecule has 1 fully saturated rings. The van der Waals surface area contributed by atoms with Gasteiger partial charge in [-0.2, -0.15) is 5.10 Å². The van der Waals surface area contributed by atoms with Crippen molar-refractivity contribution in [2.24, 2.45) is 5.92 Å². The summed E-state index contributed by atoms with van der Waals surface area (Å²) in [5.41, 5.74) is 2.40. The highest BCUT2D eigenvalue weighted by molar-refractivity contribution is 5.85. The zero-order valence-electron chi connectivity index (χ0n) is 13.9. The third kappa shape index (κ3) is 4.53. The highest BCUT2D eigenvalue weighted by Gasteiger charge is 2.18. The van der Waals surface area contributed by atoms with E-state index in [9.17, 15) is 0 Å². The molecule has 2 heterocycles. The van der Waals surface area contributed by atoms with E-state index in [1.165, 1.54) is 38.0 Å². The molecule has 1 aromatic carbocycles. The van der Waals surface area contributed by atoms with Crippen LogP contribution in [-0.2, 0) is 0 Å². The first-order valence-corrected chi connectivity index (χ1v) is 8.10. The summed E-state index contributed by atoms with van der Waals surface area (Å²) in [7, 11) is 2.23. The predicted molar refractivity (Wildman–Crippen MR) is 95.2 cm³/mol. The second-order valence-corrected chi connectivity index (χ2v) is 6.24. The summed E-state index contributed by atoms with van der Waals surface area (Å²) in [4.78, 5) is 6.46. The minimum absolute atomic E-state index is 0. The van der Waals surface area contributed by atoms with Crippen LogP contribution in [0.25, 0.3) is 5.69 Å². The fourth-order valence-corrected chi connectivity index (χ4v) is 3.13. The number of aromatic nitrogens is 3. The van der Waals surface area contributed by atoms with Crippen LogP contribution in [0.3, 0.4) is 0 Å². The highest BCUT2D eigenvalue weighted by atomic mass is 35.5. The monoisotopic (exact) mass is 335 g/mol. The van der Waals surface area contributed by atoms with Gasteiger partial charge in [0, 0.05) is 12.6 Å². The smallest absolute Gasteiger partial charge is 0.138 e. The molecule has 0 radical (unpaired) electrons. The third-order valence-corrected chi connectivity index (χ3v) is 4.72. The topological polar surface area (TPSA) is 46.0 Å². The number of rotatable bonds is 5. The van der Waals surface area contributed by atoms with E-state index in [4.69, 9.17) is 0 Å². The number of hydrogen-bond donors (Lipinski definition) is 1. The fraction of sp³-hybridized carbons (Fsp3) is 0.529. The molecule has 1 aromatic heterocycles. The molecule has 3 rings (SSSR count). The van der Waals surface area contributed by atoms with Crippen LogP contribution in [-0.4, -0.2) is 46.3 Å². The van der Waals surface area contributed by atoms with Gasteiger partial charge in [0.05, 0.1) is 5.69 Å². The van der Waals surface area contributed by atoms with E-state index in [0.29, 0.717) is 6.04 Å². The summed E-state index contributed by atoms with van der Waals surface area (Å²) >= 11 is 0. The molecule has 1 aliphatic rings. The van der Waals surface area contributed by atoms with Gasteiger partial charge in [0.2, 0.25) is 0 Å². The van der Waals surface area contributed by atoms with E-state index in [2.05, 4.69) is 58.5 Å². The molecule has 6 heteroatoms. The van der Waals surface area contributed by atoms with E-state index < -0.39 is 0 Å². The maximum Gasteiger partial charge on any atom is 0.138 e. The molecule has 5 nitrogen and oxygen atoms in total. The van der Waals surface area contributed by atoms with Crippen LogP contribution in [0, 0.1) is 5.92 Å². The molecule has 1 saturated heterocycles. The average molecular weight is 336 g/mol. The molecule has 0 aliphatic carbocycles. The number of hydrogen-bond acceptors (Lipinski definition) is 4. The minimum atomic E-state index is 0. The van der Waals surface area contributed by atoms with Crippen molar-refractivity contribution in [3.05, 3.63) is 42.5 Å². The van der Waals surface area contributed by atoms with E-state index in [-0.39, 0.29) is 12.4 Å². The minimum Gasteiger partial charge on any atom is -0.317 e. The second kappa shape index (κ2) is 8.43. The number of benzene rings is 1. The SMILES string of the molecule is CC(c1ccc(-n2cncn2)cc1)N(C)CC1CCNCC1.Cl. The molecular weight excluding hydrogens is 310 g/mol. The van der Waals surface area contributed by atoms with Gasteiger partial charge in [-0.3, -0.25) is 4.90 Å². The molecule has 23 heavy (non-hydrogen) atoms. The van der Waals surface area contributed by atoms with Crippen molar-refractivity contribution in [1.29, 1.82) is 0 Å². The first-order chi connectivity index (χ1) is 10.7. The Morgan fingerprint density at radius 2 is 1.96 bits per heavy atom. The lowest BCUT2D eigenvalue weighted by molar-refractivity contribution is 0.196. The van der Waals surface area contributed by atoms with Gasteiger partial charge in [-0.1, -0.05) is 12.1 Å². The van der Waals surface area contributed by atoms with Crippen molar-refractivity contribution in [2.75, 3.05) is 26.7 Å². The average Bonchev–Trinajstić information content (AvgIpc) is 3.10. The van der Waals surface area contributed by atoms with Crippen molar-refractivity contribution in [3.8, 4) is 5.69 Å². The summed E-state index contributed by atoms with van der Waals surface area (Å²) in [6.45, 7) is 5.79. The second-order valence-electron chi connectivity index (χ2n) is 6.24. The van der Waals surface area contributed by atoms with Crippen LogP contribution in [0.4, 0.5) is 0 Å². The lowest BCUT2D eigenvalue weighted by Crippen LogP contribution is -2.35. The van der Waals surface area contributed by atoms with Crippen molar-refractivity contribution in [3.63, 3.8) is 0 Å². The predicted octanol–water partition coefficient (Wildman–Crippen LogP) is 2.68. The summed E-state index contributed by atoms with van der Waals surface area (Å²) in [5, 5.41) is 7.60. The quantitative estimate of drug-likeness (QED) is 0.912. The molecule has 0 bridgehead atoms. The molecule has 2 aromatic rings. The molecule has 0 spiro atoms. The molecule has 1 unspecified atom stereocenters. The molecule has 0 amide bonds. The van der Waals surface area contributed by atoms with Crippen LogP contribution in [0.2, 0.25) is 0 Å². The molecule has 1 atom stereocenters. The Morgan fingerprint density at radius 3 is 2.57 bits per heavy atom. The van der Waals surface area contributed by atoms with Crippen LogP contribution >= 0.6 is 12.4 Å². The van der Waals surface area contributed by atoms with Gasteiger partial charge in [0.25, 0.3) is 0 Å². The van der Waals surface area contributed by atoms with Crippen molar-refractivity contribution < 1.29 is 0 Å². The molecule has 126 valence electrons. The maximum absolute atomic E-state index is 4.16. The Labute approximate surface area is 144 Å². The first kappa shape index (κ1) is 17.9. The lowest BCUT2D eigenvalue weighted by atomic mass is 9.96.